The highest BCUT2D eigenvalue weighted by molar-refractivity contribution is 5.81. The van der Waals surface area contributed by atoms with Crippen molar-refractivity contribution in [1.82, 2.24) is 15.5 Å². The first-order valence-corrected chi connectivity index (χ1v) is 8.20. The van der Waals surface area contributed by atoms with Crippen LogP contribution in [-0.2, 0) is 4.79 Å². The Labute approximate surface area is 124 Å². The Morgan fingerprint density at radius 2 is 1.80 bits per heavy atom. The zero-order valence-electron chi connectivity index (χ0n) is 13.9. The van der Waals surface area contributed by atoms with E-state index in [1.54, 1.807) is 0 Å². The summed E-state index contributed by atoms with van der Waals surface area (Å²) in [5.41, 5.74) is 0. The van der Waals surface area contributed by atoms with Crippen LogP contribution in [-0.4, -0.2) is 49.1 Å². The summed E-state index contributed by atoms with van der Waals surface area (Å²) < 4.78 is 0. The highest BCUT2D eigenvalue weighted by atomic mass is 16.2. The number of carbonyl (C=O) groups excluding carboxylic acids is 1. The largest absolute Gasteiger partial charge is 0.354 e. The minimum absolute atomic E-state index is 0.00383. The van der Waals surface area contributed by atoms with Gasteiger partial charge in [-0.25, -0.2) is 0 Å². The number of rotatable bonds is 7. The average molecular weight is 283 g/mol. The summed E-state index contributed by atoms with van der Waals surface area (Å²) in [5.74, 6) is 1.44. The molecule has 1 saturated heterocycles. The van der Waals surface area contributed by atoms with E-state index in [2.05, 4.69) is 43.2 Å². The van der Waals surface area contributed by atoms with Gasteiger partial charge >= 0.3 is 0 Å². The molecule has 2 unspecified atom stereocenters. The van der Waals surface area contributed by atoms with Crippen molar-refractivity contribution in [2.24, 2.45) is 11.8 Å². The third kappa shape index (κ3) is 5.41. The Kier molecular flexibility index (Phi) is 7.52. The molecule has 0 aromatic carbocycles. The van der Waals surface area contributed by atoms with Crippen molar-refractivity contribution < 1.29 is 4.79 Å². The molecule has 1 aliphatic heterocycles. The zero-order chi connectivity index (χ0) is 15.1. The lowest BCUT2D eigenvalue weighted by atomic mass is 9.89. The predicted octanol–water partition coefficient (Wildman–Crippen LogP) is 1.86. The van der Waals surface area contributed by atoms with E-state index < -0.39 is 0 Å². The molecule has 1 aliphatic rings. The summed E-state index contributed by atoms with van der Waals surface area (Å²) >= 11 is 0. The molecule has 4 nitrogen and oxygen atoms in total. The number of nitrogens with one attached hydrogen (secondary N) is 2. The summed E-state index contributed by atoms with van der Waals surface area (Å²) in [6, 6.07) is 0.594. The Bertz CT molecular complexity index is 285. The minimum Gasteiger partial charge on any atom is -0.354 e. The monoisotopic (exact) mass is 283 g/mol. The van der Waals surface area contributed by atoms with Crippen LogP contribution in [0.15, 0.2) is 0 Å². The molecule has 0 aliphatic carbocycles. The molecule has 4 heteroatoms. The van der Waals surface area contributed by atoms with Gasteiger partial charge in [0.25, 0.3) is 0 Å². The highest BCUT2D eigenvalue weighted by Gasteiger charge is 2.28. The van der Waals surface area contributed by atoms with Gasteiger partial charge in [0.1, 0.15) is 0 Å². The van der Waals surface area contributed by atoms with Crippen molar-refractivity contribution in [3.05, 3.63) is 0 Å². The number of hydrogen-bond donors (Lipinski definition) is 2. The van der Waals surface area contributed by atoms with Crippen LogP contribution >= 0.6 is 0 Å². The molecule has 1 rings (SSSR count). The fourth-order valence-electron chi connectivity index (χ4n) is 2.91. The van der Waals surface area contributed by atoms with E-state index in [1.807, 2.05) is 6.92 Å². The third-order valence-corrected chi connectivity index (χ3v) is 4.42. The number of amides is 1. The van der Waals surface area contributed by atoms with Crippen LogP contribution in [0.2, 0.25) is 0 Å². The van der Waals surface area contributed by atoms with Crippen molar-refractivity contribution >= 4 is 5.91 Å². The minimum atomic E-state index is 0.00383. The van der Waals surface area contributed by atoms with Crippen LogP contribution < -0.4 is 10.6 Å². The zero-order valence-corrected chi connectivity index (χ0v) is 13.9. The standard InChI is InChI=1S/C16H33N3O/c1-6-17-13(4)15-7-9-19(10-8-15)14(5)16(20)18-11-12(2)3/h12-15,17H,6-11H2,1-5H3,(H,18,20). The van der Waals surface area contributed by atoms with E-state index in [0.29, 0.717) is 12.0 Å². The van der Waals surface area contributed by atoms with Gasteiger partial charge in [0.15, 0.2) is 0 Å². The molecule has 2 atom stereocenters. The summed E-state index contributed by atoms with van der Waals surface area (Å²) in [5, 5.41) is 6.56. The van der Waals surface area contributed by atoms with E-state index in [4.69, 9.17) is 0 Å². The van der Waals surface area contributed by atoms with Gasteiger partial charge in [-0.1, -0.05) is 20.8 Å². The first-order chi connectivity index (χ1) is 9.45. The first kappa shape index (κ1) is 17.4. The topological polar surface area (TPSA) is 44.4 Å². The summed E-state index contributed by atoms with van der Waals surface area (Å²) in [6.07, 6.45) is 2.38. The maximum absolute atomic E-state index is 12.1. The second-order valence-corrected chi connectivity index (χ2v) is 6.53. The van der Waals surface area contributed by atoms with Crippen LogP contribution in [0.25, 0.3) is 0 Å². The van der Waals surface area contributed by atoms with Gasteiger partial charge in [-0.05, 0) is 58.2 Å². The number of nitrogens with zero attached hydrogens (tertiary/aromatic N) is 1. The molecule has 1 heterocycles. The molecule has 0 saturated carbocycles. The molecule has 0 aromatic heterocycles. The van der Waals surface area contributed by atoms with Gasteiger partial charge in [0.05, 0.1) is 6.04 Å². The van der Waals surface area contributed by atoms with Crippen LogP contribution in [0.1, 0.15) is 47.5 Å². The Hall–Kier alpha value is -0.610. The fourth-order valence-corrected chi connectivity index (χ4v) is 2.91. The molecule has 2 N–H and O–H groups in total. The van der Waals surface area contributed by atoms with Crippen LogP contribution in [0, 0.1) is 11.8 Å². The molecule has 20 heavy (non-hydrogen) atoms. The predicted molar refractivity (Wildman–Crippen MR) is 84.7 cm³/mol. The number of piperidine rings is 1. The Balaban J connectivity index is 2.34. The Morgan fingerprint density at radius 1 is 1.20 bits per heavy atom. The second kappa shape index (κ2) is 8.63. The number of likely N-dealkylation sites (tertiary alicyclic amines) is 1. The van der Waals surface area contributed by atoms with Crippen LogP contribution in [0.5, 0.6) is 0 Å². The van der Waals surface area contributed by atoms with Crippen LogP contribution in [0.3, 0.4) is 0 Å². The van der Waals surface area contributed by atoms with E-state index >= 15 is 0 Å². The van der Waals surface area contributed by atoms with Gasteiger partial charge in [-0.3, -0.25) is 9.69 Å². The smallest absolute Gasteiger partial charge is 0.237 e. The number of hydrogen-bond acceptors (Lipinski definition) is 3. The molecular formula is C16H33N3O. The van der Waals surface area contributed by atoms with E-state index in [-0.39, 0.29) is 11.9 Å². The van der Waals surface area contributed by atoms with E-state index in [9.17, 15) is 4.79 Å². The molecule has 0 bridgehead atoms. The summed E-state index contributed by atoms with van der Waals surface area (Å²) in [4.78, 5) is 14.4. The van der Waals surface area contributed by atoms with Crippen molar-refractivity contribution in [3.8, 4) is 0 Å². The normalized spacial score (nSPS) is 20.9. The van der Waals surface area contributed by atoms with Crippen molar-refractivity contribution in [1.29, 1.82) is 0 Å². The maximum atomic E-state index is 12.1. The lowest BCUT2D eigenvalue weighted by molar-refractivity contribution is -0.126. The van der Waals surface area contributed by atoms with E-state index in [1.165, 1.54) is 12.8 Å². The van der Waals surface area contributed by atoms with Gasteiger partial charge < -0.3 is 10.6 Å². The molecule has 0 radical (unpaired) electrons. The molecular weight excluding hydrogens is 250 g/mol. The first-order valence-electron chi connectivity index (χ1n) is 8.20. The van der Waals surface area contributed by atoms with Gasteiger partial charge in [0.2, 0.25) is 5.91 Å². The van der Waals surface area contributed by atoms with Gasteiger partial charge in [-0.2, -0.15) is 0 Å². The molecule has 0 aromatic rings. The van der Waals surface area contributed by atoms with Crippen molar-refractivity contribution in [2.45, 2.75) is 59.5 Å². The molecule has 0 spiro atoms. The highest BCUT2D eigenvalue weighted by Crippen LogP contribution is 2.22. The fraction of sp³-hybridized carbons (Fsp3) is 0.938. The lowest BCUT2D eigenvalue weighted by Gasteiger charge is -2.37. The molecule has 1 amide bonds. The lowest BCUT2D eigenvalue weighted by Crippen LogP contribution is -2.50. The van der Waals surface area contributed by atoms with Crippen molar-refractivity contribution in [3.63, 3.8) is 0 Å². The average Bonchev–Trinajstić information content (AvgIpc) is 2.44. The third-order valence-electron chi connectivity index (χ3n) is 4.42. The molecule has 118 valence electrons. The molecule has 1 fully saturated rings. The maximum Gasteiger partial charge on any atom is 0.237 e. The van der Waals surface area contributed by atoms with Gasteiger partial charge in [-0.15, -0.1) is 0 Å². The van der Waals surface area contributed by atoms with Crippen LogP contribution in [0.4, 0.5) is 0 Å². The summed E-state index contributed by atoms with van der Waals surface area (Å²) in [7, 11) is 0. The Morgan fingerprint density at radius 3 is 2.30 bits per heavy atom. The SMILES string of the molecule is CCNC(C)C1CCN(C(C)C(=O)NCC(C)C)CC1. The summed E-state index contributed by atoms with van der Waals surface area (Å²) in [6.45, 7) is 14.6. The number of carbonyl (C=O) groups is 1. The van der Waals surface area contributed by atoms with E-state index in [0.717, 1.165) is 32.1 Å². The van der Waals surface area contributed by atoms with Crippen molar-refractivity contribution in [2.75, 3.05) is 26.2 Å². The van der Waals surface area contributed by atoms with Gasteiger partial charge in [0, 0.05) is 12.6 Å². The quantitative estimate of drug-likeness (QED) is 0.749. The second-order valence-electron chi connectivity index (χ2n) is 6.53.